The van der Waals surface area contributed by atoms with Crippen LogP contribution in [0.4, 0.5) is 4.39 Å². The summed E-state index contributed by atoms with van der Waals surface area (Å²) in [5, 5.41) is 5.72. The Hall–Kier alpha value is -2.99. The van der Waals surface area contributed by atoms with Gasteiger partial charge in [0.1, 0.15) is 11.6 Å². The van der Waals surface area contributed by atoms with Crippen LogP contribution in [0, 0.1) is 11.7 Å². The summed E-state index contributed by atoms with van der Waals surface area (Å²) in [6.45, 7) is 0. The number of esters is 1. The Bertz CT molecular complexity index is 1310. The molecule has 0 bridgehead atoms. The molecule has 2 aliphatic rings. The lowest BCUT2D eigenvalue weighted by Gasteiger charge is -2.31. The molecule has 200 valence electrons. The van der Waals surface area contributed by atoms with E-state index >= 15 is 4.39 Å². The smallest absolute Gasteiger partial charge is 0.337 e. The minimum Gasteiger partial charge on any atom is -0.465 e. The molecule has 1 saturated carbocycles. The third kappa shape index (κ3) is 5.56. The van der Waals surface area contributed by atoms with Crippen LogP contribution in [0.15, 0.2) is 42.5 Å². The Labute approximate surface area is 228 Å². The highest BCUT2D eigenvalue weighted by Crippen LogP contribution is 2.41. The molecule has 2 aliphatic carbocycles. The fourth-order valence-corrected chi connectivity index (χ4v) is 6.32. The van der Waals surface area contributed by atoms with Crippen LogP contribution in [0.3, 0.4) is 0 Å². The second kappa shape index (κ2) is 11.8. The molecule has 3 aromatic rings. The number of ketones is 1. The molecule has 1 atom stereocenters. The molecule has 0 N–H and O–H groups in total. The Morgan fingerprint density at radius 2 is 1.74 bits per heavy atom. The van der Waals surface area contributed by atoms with Crippen LogP contribution in [-0.4, -0.2) is 28.6 Å². The van der Waals surface area contributed by atoms with Crippen molar-refractivity contribution in [2.45, 2.75) is 76.5 Å². The van der Waals surface area contributed by atoms with E-state index in [4.69, 9.17) is 21.4 Å². The van der Waals surface area contributed by atoms with Crippen molar-refractivity contribution < 1.29 is 18.7 Å². The van der Waals surface area contributed by atoms with Crippen LogP contribution in [0.1, 0.15) is 90.2 Å². The second-order valence-corrected chi connectivity index (χ2v) is 11.0. The molecule has 5 rings (SSSR count). The minimum absolute atomic E-state index is 0.00350. The van der Waals surface area contributed by atoms with Crippen LogP contribution in [0.25, 0.3) is 5.69 Å². The molecule has 0 aliphatic heterocycles. The number of hydrogen-bond acceptors (Lipinski definition) is 4. The zero-order valence-electron chi connectivity index (χ0n) is 21.8. The van der Waals surface area contributed by atoms with E-state index in [0.717, 1.165) is 80.9 Å². The van der Waals surface area contributed by atoms with Crippen molar-refractivity contribution in [1.29, 1.82) is 0 Å². The van der Waals surface area contributed by atoms with Crippen LogP contribution in [0.2, 0.25) is 5.02 Å². The number of hydrogen-bond donors (Lipinski definition) is 0. The lowest BCUT2D eigenvalue weighted by atomic mass is 9.74. The van der Waals surface area contributed by atoms with Gasteiger partial charge in [0.05, 0.1) is 35.7 Å². The van der Waals surface area contributed by atoms with Crippen molar-refractivity contribution in [3.8, 4) is 5.69 Å². The lowest BCUT2D eigenvalue weighted by Crippen LogP contribution is -2.28. The molecule has 1 aromatic heterocycles. The summed E-state index contributed by atoms with van der Waals surface area (Å²) in [7, 11) is 1.26. The predicted octanol–water partition coefficient (Wildman–Crippen LogP) is 7.20. The van der Waals surface area contributed by atoms with Crippen molar-refractivity contribution in [3.63, 3.8) is 0 Å². The third-order valence-electron chi connectivity index (χ3n) is 8.12. The van der Waals surface area contributed by atoms with Gasteiger partial charge in [-0.3, -0.25) is 4.79 Å². The first-order valence-electron chi connectivity index (χ1n) is 13.7. The molecule has 38 heavy (non-hydrogen) atoms. The van der Waals surface area contributed by atoms with Gasteiger partial charge in [-0.05, 0) is 92.0 Å². The van der Waals surface area contributed by atoms with E-state index in [1.165, 1.54) is 31.2 Å². The molecule has 1 heterocycles. The quantitative estimate of drug-likeness (QED) is 0.237. The third-order valence-corrected chi connectivity index (χ3v) is 8.37. The molecular weight excluding hydrogens is 503 g/mol. The Morgan fingerprint density at radius 3 is 2.45 bits per heavy atom. The predicted molar refractivity (Wildman–Crippen MR) is 146 cm³/mol. The van der Waals surface area contributed by atoms with Gasteiger partial charge in [-0.25, -0.2) is 13.9 Å². The Morgan fingerprint density at radius 1 is 1.03 bits per heavy atom. The number of methoxy groups -OCH3 is 1. The van der Waals surface area contributed by atoms with Gasteiger partial charge in [0.15, 0.2) is 0 Å². The monoisotopic (exact) mass is 536 g/mol. The van der Waals surface area contributed by atoms with Crippen LogP contribution >= 0.6 is 11.6 Å². The van der Waals surface area contributed by atoms with Crippen molar-refractivity contribution in [2.24, 2.45) is 5.92 Å². The molecule has 5 nitrogen and oxygen atoms in total. The first-order chi connectivity index (χ1) is 18.5. The number of rotatable bonds is 7. The lowest BCUT2D eigenvalue weighted by molar-refractivity contribution is -0.121. The van der Waals surface area contributed by atoms with E-state index in [0.29, 0.717) is 10.6 Å². The minimum atomic E-state index is -0.601. The summed E-state index contributed by atoms with van der Waals surface area (Å²) in [6.07, 6.45) is 10.4. The van der Waals surface area contributed by atoms with Crippen LogP contribution < -0.4 is 0 Å². The maximum Gasteiger partial charge on any atom is 0.337 e. The van der Waals surface area contributed by atoms with Gasteiger partial charge in [0.25, 0.3) is 0 Å². The Kier molecular flexibility index (Phi) is 8.27. The highest BCUT2D eigenvalue weighted by atomic mass is 35.5. The van der Waals surface area contributed by atoms with Gasteiger partial charge in [0, 0.05) is 11.4 Å². The van der Waals surface area contributed by atoms with E-state index in [2.05, 4.69) is 0 Å². The van der Waals surface area contributed by atoms with E-state index in [1.807, 2.05) is 28.9 Å². The van der Waals surface area contributed by atoms with Gasteiger partial charge >= 0.3 is 5.97 Å². The maximum absolute atomic E-state index is 15.1. The van der Waals surface area contributed by atoms with Crippen molar-refractivity contribution in [3.05, 3.63) is 81.4 Å². The SMILES string of the molecule is COC(=O)c1ccc(CC(=O)C(c2c3c(nn2-c2ccc(Cl)cc2)CCCCC3)C2CCCCC2)c(F)c1. The largest absolute Gasteiger partial charge is 0.465 e. The van der Waals surface area contributed by atoms with Gasteiger partial charge in [-0.1, -0.05) is 43.4 Å². The first kappa shape index (κ1) is 26.6. The number of carbonyl (C=O) groups is 2. The summed E-state index contributed by atoms with van der Waals surface area (Å²) in [5.41, 5.74) is 4.58. The molecule has 7 heteroatoms. The second-order valence-electron chi connectivity index (χ2n) is 10.6. The van der Waals surface area contributed by atoms with Crippen molar-refractivity contribution in [2.75, 3.05) is 7.11 Å². The summed E-state index contributed by atoms with van der Waals surface area (Å²) in [5.74, 6) is -1.35. The van der Waals surface area contributed by atoms with Gasteiger partial charge in [-0.15, -0.1) is 0 Å². The summed E-state index contributed by atoms with van der Waals surface area (Å²) < 4.78 is 21.8. The molecule has 1 unspecified atom stereocenters. The van der Waals surface area contributed by atoms with Crippen LogP contribution in [0.5, 0.6) is 0 Å². The standard InChI is InChI=1S/C31H34ClFN2O3/c1-38-31(37)22-13-12-21(26(33)18-22)19-28(36)29(20-8-4-2-5-9-20)30-25-10-6-3-7-11-27(25)34-35(30)24-16-14-23(32)15-17-24/h12-18,20,29H,2-11,19H2,1H3. The van der Waals surface area contributed by atoms with E-state index in [9.17, 15) is 9.59 Å². The number of aromatic nitrogens is 2. The molecule has 0 radical (unpaired) electrons. The average molecular weight is 537 g/mol. The van der Waals surface area contributed by atoms with Crippen molar-refractivity contribution >= 4 is 23.4 Å². The normalized spacial score (nSPS) is 16.9. The summed E-state index contributed by atoms with van der Waals surface area (Å²) in [4.78, 5) is 26.1. The zero-order chi connectivity index (χ0) is 26.6. The molecule has 0 saturated heterocycles. The van der Waals surface area contributed by atoms with Gasteiger partial charge < -0.3 is 4.74 Å². The molecule has 0 amide bonds. The number of benzene rings is 2. The summed E-state index contributed by atoms with van der Waals surface area (Å²) in [6, 6.07) is 11.8. The number of aryl methyl sites for hydroxylation is 1. The topological polar surface area (TPSA) is 61.2 Å². The number of Topliss-reactive ketones (excluding diaryl/α,β-unsaturated/α-hetero) is 1. The fourth-order valence-electron chi connectivity index (χ4n) is 6.19. The molecule has 0 spiro atoms. The highest BCUT2D eigenvalue weighted by Gasteiger charge is 2.37. The number of fused-ring (bicyclic) bond motifs is 1. The number of nitrogens with zero attached hydrogens (tertiary/aromatic N) is 2. The van der Waals surface area contributed by atoms with E-state index < -0.39 is 11.8 Å². The fraction of sp³-hybridized carbons (Fsp3) is 0.452. The molecule has 2 aromatic carbocycles. The summed E-state index contributed by atoms with van der Waals surface area (Å²) >= 11 is 6.19. The average Bonchev–Trinajstić information content (AvgIpc) is 3.11. The number of ether oxygens (including phenoxy) is 1. The number of halogens is 2. The maximum atomic E-state index is 15.1. The van der Waals surface area contributed by atoms with Gasteiger partial charge in [0.2, 0.25) is 0 Å². The highest BCUT2D eigenvalue weighted by molar-refractivity contribution is 6.30. The number of carbonyl (C=O) groups excluding carboxylic acids is 2. The van der Waals surface area contributed by atoms with Gasteiger partial charge in [-0.2, -0.15) is 5.10 Å². The van der Waals surface area contributed by atoms with E-state index in [-0.39, 0.29) is 29.6 Å². The molecule has 1 fully saturated rings. The Balaban J connectivity index is 1.58. The van der Waals surface area contributed by atoms with Crippen molar-refractivity contribution in [1.82, 2.24) is 9.78 Å². The van der Waals surface area contributed by atoms with E-state index in [1.54, 1.807) is 0 Å². The zero-order valence-corrected chi connectivity index (χ0v) is 22.6. The molecular formula is C31H34ClFN2O3. The first-order valence-corrected chi connectivity index (χ1v) is 14.1. The van der Waals surface area contributed by atoms with Crippen LogP contribution in [-0.2, 0) is 28.8 Å².